The summed E-state index contributed by atoms with van der Waals surface area (Å²) in [6, 6.07) is 6.17. The highest BCUT2D eigenvalue weighted by Crippen LogP contribution is 2.23. The number of hydrogen-bond donors (Lipinski definition) is 0. The van der Waals surface area contributed by atoms with E-state index in [2.05, 4.69) is 26.7 Å². The predicted octanol–water partition coefficient (Wildman–Crippen LogP) is 3.68. The molecule has 0 N–H and O–H groups in total. The van der Waals surface area contributed by atoms with Gasteiger partial charge in [0, 0.05) is 37.1 Å². The maximum absolute atomic E-state index is 12.8. The molecular weight excluding hydrogens is 332 g/mol. The number of piperidine rings is 1. The molecule has 2 aromatic rings. The van der Waals surface area contributed by atoms with Crippen molar-refractivity contribution in [3.8, 4) is 0 Å². The summed E-state index contributed by atoms with van der Waals surface area (Å²) in [5.74, 6) is 1.00. The van der Waals surface area contributed by atoms with Crippen LogP contribution in [0.15, 0.2) is 23.6 Å². The average Bonchev–Trinajstić information content (AvgIpc) is 3.13. The molecule has 0 radical (unpaired) electrons. The molecule has 1 saturated heterocycles. The van der Waals surface area contributed by atoms with Gasteiger partial charge in [0.25, 0.3) is 5.91 Å². The Morgan fingerprint density at radius 3 is 2.52 bits per heavy atom. The number of aromatic nitrogens is 2. The molecule has 1 amide bonds. The van der Waals surface area contributed by atoms with Gasteiger partial charge in [-0.3, -0.25) is 4.79 Å². The molecule has 25 heavy (non-hydrogen) atoms. The van der Waals surface area contributed by atoms with Gasteiger partial charge in [0.15, 0.2) is 0 Å². The molecule has 134 valence electrons. The number of carbonyl (C=O) groups is 1. The van der Waals surface area contributed by atoms with Crippen molar-refractivity contribution < 1.29 is 4.79 Å². The van der Waals surface area contributed by atoms with Crippen LogP contribution in [0, 0.1) is 13.8 Å². The number of anilines is 1. The zero-order valence-electron chi connectivity index (χ0n) is 15.2. The van der Waals surface area contributed by atoms with Gasteiger partial charge in [-0.15, -0.1) is 11.3 Å². The first-order chi connectivity index (χ1) is 12.1. The Bertz CT molecular complexity index is 688. The smallest absolute Gasteiger partial charge is 0.264 e. The molecular formula is C19H26N4OS. The van der Waals surface area contributed by atoms with Crippen LogP contribution in [0.4, 0.5) is 5.95 Å². The van der Waals surface area contributed by atoms with Gasteiger partial charge in [-0.2, -0.15) is 0 Å². The lowest BCUT2D eigenvalue weighted by Gasteiger charge is -2.38. The second kappa shape index (κ2) is 7.95. The lowest BCUT2D eigenvalue weighted by atomic mass is 10.0. The van der Waals surface area contributed by atoms with E-state index in [1.54, 1.807) is 0 Å². The van der Waals surface area contributed by atoms with Crippen molar-refractivity contribution in [1.82, 2.24) is 14.9 Å². The maximum atomic E-state index is 12.8. The number of carbonyl (C=O) groups excluding carboxylic acids is 1. The number of aryl methyl sites for hydroxylation is 2. The summed E-state index contributed by atoms with van der Waals surface area (Å²) >= 11 is 1.53. The van der Waals surface area contributed by atoms with Crippen molar-refractivity contribution in [3.63, 3.8) is 0 Å². The molecule has 2 aromatic heterocycles. The first-order valence-corrected chi connectivity index (χ1v) is 9.88. The molecule has 5 nitrogen and oxygen atoms in total. The molecule has 1 fully saturated rings. The molecule has 0 saturated carbocycles. The summed E-state index contributed by atoms with van der Waals surface area (Å²) in [5.41, 5.74) is 2.01. The van der Waals surface area contributed by atoms with E-state index in [1.807, 2.05) is 37.4 Å². The fourth-order valence-electron chi connectivity index (χ4n) is 3.46. The van der Waals surface area contributed by atoms with Crippen LogP contribution < -0.4 is 4.90 Å². The molecule has 0 aliphatic carbocycles. The van der Waals surface area contributed by atoms with Crippen LogP contribution in [-0.4, -0.2) is 46.5 Å². The lowest BCUT2D eigenvalue weighted by molar-refractivity contribution is 0.0654. The van der Waals surface area contributed by atoms with E-state index in [-0.39, 0.29) is 5.91 Å². The van der Waals surface area contributed by atoms with Crippen LogP contribution in [0.5, 0.6) is 0 Å². The highest BCUT2D eigenvalue weighted by atomic mass is 32.1. The molecule has 0 bridgehead atoms. The molecule has 6 heteroatoms. The van der Waals surface area contributed by atoms with E-state index >= 15 is 0 Å². The normalized spacial score (nSPS) is 15.4. The molecule has 3 rings (SSSR count). The van der Waals surface area contributed by atoms with Crippen LogP contribution in [0.3, 0.4) is 0 Å². The van der Waals surface area contributed by atoms with Crippen molar-refractivity contribution >= 4 is 23.2 Å². The summed E-state index contributed by atoms with van der Waals surface area (Å²) in [4.78, 5) is 27.1. The molecule has 0 unspecified atom stereocenters. The van der Waals surface area contributed by atoms with Gasteiger partial charge < -0.3 is 9.80 Å². The van der Waals surface area contributed by atoms with Gasteiger partial charge in [0.2, 0.25) is 5.95 Å². The van der Waals surface area contributed by atoms with Crippen molar-refractivity contribution in [2.75, 3.05) is 24.5 Å². The molecule has 0 atom stereocenters. The van der Waals surface area contributed by atoms with Gasteiger partial charge in [-0.05, 0) is 50.6 Å². The van der Waals surface area contributed by atoms with Crippen LogP contribution >= 0.6 is 11.3 Å². The van der Waals surface area contributed by atoms with Gasteiger partial charge >= 0.3 is 0 Å². The Labute approximate surface area is 153 Å². The van der Waals surface area contributed by atoms with E-state index in [4.69, 9.17) is 0 Å². The number of nitrogens with zero attached hydrogens (tertiary/aromatic N) is 4. The Kier molecular flexibility index (Phi) is 5.68. The van der Waals surface area contributed by atoms with Gasteiger partial charge in [0.05, 0.1) is 4.88 Å². The molecule has 1 aliphatic rings. The van der Waals surface area contributed by atoms with E-state index in [0.29, 0.717) is 6.04 Å². The Morgan fingerprint density at radius 1 is 1.28 bits per heavy atom. The summed E-state index contributed by atoms with van der Waals surface area (Å²) in [5, 5.41) is 1.97. The van der Waals surface area contributed by atoms with Gasteiger partial charge in [0.1, 0.15) is 0 Å². The number of amides is 1. The van der Waals surface area contributed by atoms with Crippen molar-refractivity contribution in [3.05, 3.63) is 39.8 Å². The molecule has 0 spiro atoms. The van der Waals surface area contributed by atoms with Crippen LogP contribution in [0.25, 0.3) is 0 Å². The summed E-state index contributed by atoms with van der Waals surface area (Å²) in [6.45, 7) is 8.76. The average molecular weight is 359 g/mol. The van der Waals surface area contributed by atoms with E-state index in [1.165, 1.54) is 11.3 Å². The van der Waals surface area contributed by atoms with Crippen molar-refractivity contribution in [2.45, 2.75) is 46.1 Å². The minimum atomic E-state index is 0.179. The van der Waals surface area contributed by atoms with Crippen LogP contribution in [0.2, 0.25) is 0 Å². The van der Waals surface area contributed by atoms with Crippen molar-refractivity contribution in [1.29, 1.82) is 0 Å². The quantitative estimate of drug-likeness (QED) is 0.818. The number of hydrogen-bond acceptors (Lipinski definition) is 5. The monoisotopic (exact) mass is 358 g/mol. The predicted molar refractivity (Wildman–Crippen MR) is 102 cm³/mol. The molecule has 1 aliphatic heterocycles. The fourth-order valence-corrected chi connectivity index (χ4v) is 4.14. The maximum Gasteiger partial charge on any atom is 0.264 e. The minimum absolute atomic E-state index is 0.179. The van der Waals surface area contributed by atoms with Gasteiger partial charge in [-0.25, -0.2) is 9.97 Å². The zero-order valence-corrected chi connectivity index (χ0v) is 16.1. The molecule has 3 heterocycles. The first-order valence-electron chi connectivity index (χ1n) is 9.00. The number of rotatable bonds is 5. The third-order valence-corrected chi connectivity index (χ3v) is 5.47. The fraction of sp³-hybridized carbons (Fsp3) is 0.526. The summed E-state index contributed by atoms with van der Waals surface area (Å²) < 4.78 is 0. The highest BCUT2D eigenvalue weighted by Gasteiger charge is 2.29. The summed E-state index contributed by atoms with van der Waals surface area (Å²) in [7, 11) is 0. The lowest BCUT2D eigenvalue weighted by Crippen LogP contribution is -2.48. The van der Waals surface area contributed by atoms with E-state index < -0.39 is 0 Å². The standard InChI is InChI=1S/C19H26N4OS/c1-4-9-23(18(24)17-6-5-12-25-17)16-7-10-22(11-8-16)19-20-14(2)13-15(3)21-19/h5-6,12-13,16H,4,7-11H2,1-3H3. The third kappa shape index (κ3) is 4.18. The topological polar surface area (TPSA) is 49.3 Å². The second-order valence-electron chi connectivity index (χ2n) is 6.64. The first kappa shape index (κ1) is 17.9. The largest absolute Gasteiger partial charge is 0.341 e. The van der Waals surface area contributed by atoms with Crippen LogP contribution in [0.1, 0.15) is 47.2 Å². The van der Waals surface area contributed by atoms with E-state index in [0.717, 1.165) is 61.1 Å². The van der Waals surface area contributed by atoms with E-state index in [9.17, 15) is 4.79 Å². The Hall–Kier alpha value is -1.95. The SMILES string of the molecule is CCCN(C(=O)c1cccs1)C1CCN(c2nc(C)cc(C)n2)CC1. The highest BCUT2D eigenvalue weighted by molar-refractivity contribution is 7.12. The van der Waals surface area contributed by atoms with Crippen LogP contribution in [-0.2, 0) is 0 Å². The third-order valence-electron chi connectivity index (χ3n) is 4.62. The minimum Gasteiger partial charge on any atom is -0.341 e. The van der Waals surface area contributed by atoms with Gasteiger partial charge in [-0.1, -0.05) is 13.0 Å². The zero-order chi connectivity index (χ0) is 17.8. The molecule has 0 aromatic carbocycles. The Morgan fingerprint density at radius 2 is 1.96 bits per heavy atom. The van der Waals surface area contributed by atoms with Crippen molar-refractivity contribution in [2.24, 2.45) is 0 Å². The number of thiophene rings is 1. The Balaban J connectivity index is 1.68. The summed E-state index contributed by atoms with van der Waals surface area (Å²) in [6.07, 6.45) is 2.92. The second-order valence-corrected chi connectivity index (χ2v) is 7.59.